The number of alkyl halides is 3. The molecule has 0 aliphatic carbocycles. The Morgan fingerprint density at radius 1 is 1.08 bits per heavy atom. The minimum Gasteiger partial charge on any atom is -0.328 e. The molecule has 0 fully saturated rings. The number of benzene rings is 3. The van der Waals surface area contributed by atoms with Gasteiger partial charge in [-0.1, -0.05) is 47.6 Å². The minimum atomic E-state index is -4.53. The minimum absolute atomic E-state index is 0.00720. The zero-order chi connectivity index (χ0) is 27.4. The fraction of sp³-hybridized carbons (Fsp3) is 0.192. The number of carbonyl (C=O) groups is 1. The van der Waals surface area contributed by atoms with Crippen LogP contribution in [0.5, 0.6) is 0 Å². The molecular weight excluding hydrogens is 542 g/mol. The van der Waals surface area contributed by atoms with Crippen molar-refractivity contribution in [3.05, 3.63) is 100 Å². The Kier molecular flexibility index (Phi) is 8.27. The van der Waals surface area contributed by atoms with Crippen LogP contribution >= 0.6 is 23.4 Å². The number of halogens is 5. The van der Waals surface area contributed by atoms with Crippen molar-refractivity contribution in [2.45, 2.75) is 37.0 Å². The van der Waals surface area contributed by atoms with Gasteiger partial charge in [0.05, 0.1) is 17.3 Å². The highest BCUT2D eigenvalue weighted by molar-refractivity contribution is 7.98. The molecule has 4 rings (SSSR count). The zero-order valence-corrected chi connectivity index (χ0v) is 21.8. The molecule has 1 heterocycles. The fourth-order valence-electron chi connectivity index (χ4n) is 3.64. The van der Waals surface area contributed by atoms with Gasteiger partial charge in [-0.25, -0.2) is 9.18 Å². The van der Waals surface area contributed by atoms with E-state index < -0.39 is 23.8 Å². The van der Waals surface area contributed by atoms with E-state index in [1.807, 2.05) is 13.0 Å². The first-order valence-corrected chi connectivity index (χ1v) is 12.7. The van der Waals surface area contributed by atoms with Crippen molar-refractivity contribution in [1.82, 2.24) is 20.1 Å². The van der Waals surface area contributed by atoms with Crippen molar-refractivity contribution in [3.8, 4) is 5.69 Å². The highest BCUT2D eigenvalue weighted by Gasteiger charge is 2.30. The van der Waals surface area contributed by atoms with Gasteiger partial charge >= 0.3 is 12.2 Å². The molecule has 38 heavy (non-hydrogen) atoms. The molecule has 198 valence electrons. The SMILES string of the molecule is Cc1ccc(Cl)cc1-n1c(SCc2ccc(F)cc2)nnc1C(C)NC(=O)Nc1cccc(C(F)(F)F)c1. The molecule has 2 N–H and O–H groups in total. The Bertz CT molecular complexity index is 1440. The first-order chi connectivity index (χ1) is 18.0. The zero-order valence-electron chi connectivity index (χ0n) is 20.2. The van der Waals surface area contributed by atoms with Crippen LogP contribution in [0.3, 0.4) is 0 Å². The molecule has 0 saturated heterocycles. The van der Waals surface area contributed by atoms with Crippen LogP contribution < -0.4 is 10.6 Å². The summed E-state index contributed by atoms with van der Waals surface area (Å²) in [5.74, 6) is 0.536. The lowest BCUT2D eigenvalue weighted by molar-refractivity contribution is -0.137. The second-order valence-corrected chi connectivity index (χ2v) is 9.80. The monoisotopic (exact) mass is 563 g/mol. The lowest BCUT2D eigenvalue weighted by Gasteiger charge is -2.18. The van der Waals surface area contributed by atoms with Gasteiger partial charge in [-0.05, 0) is 67.4 Å². The van der Waals surface area contributed by atoms with Gasteiger partial charge in [0.25, 0.3) is 0 Å². The third kappa shape index (κ3) is 6.65. The number of urea groups is 1. The summed E-state index contributed by atoms with van der Waals surface area (Å²) >= 11 is 7.64. The standard InChI is InChI=1S/C26H22ClF4N5OS/c1-15-6-9-19(27)13-22(15)36-23(34-35-25(36)38-14-17-7-10-20(28)11-8-17)16(2)32-24(37)33-21-5-3-4-18(12-21)26(29,30)31/h3-13,16H,14H2,1-2H3,(H2,32,33,37). The number of hydrogen-bond donors (Lipinski definition) is 2. The highest BCUT2D eigenvalue weighted by Crippen LogP contribution is 2.32. The van der Waals surface area contributed by atoms with E-state index in [9.17, 15) is 22.4 Å². The number of hydrogen-bond acceptors (Lipinski definition) is 4. The first kappa shape index (κ1) is 27.5. The molecule has 6 nitrogen and oxygen atoms in total. The van der Waals surface area contributed by atoms with E-state index in [1.54, 1.807) is 35.8 Å². The smallest absolute Gasteiger partial charge is 0.328 e. The highest BCUT2D eigenvalue weighted by atomic mass is 35.5. The summed E-state index contributed by atoms with van der Waals surface area (Å²) in [4.78, 5) is 12.7. The molecule has 3 aromatic carbocycles. The number of nitrogens with zero attached hydrogens (tertiary/aromatic N) is 3. The third-order valence-corrected chi connectivity index (χ3v) is 6.77. The molecule has 0 aliphatic heterocycles. The lowest BCUT2D eigenvalue weighted by atomic mass is 10.2. The topological polar surface area (TPSA) is 71.8 Å². The van der Waals surface area contributed by atoms with E-state index in [-0.39, 0.29) is 11.5 Å². The van der Waals surface area contributed by atoms with E-state index in [4.69, 9.17) is 11.6 Å². The second kappa shape index (κ2) is 11.4. The summed E-state index contributed by atoms with van der Waals surface area (Å²) in [5, 5.41) is 14.7. The summed E-state index contributed by atoms with van der Waals surface area (Å²) in [5.41, 5.74) is 1.57. The summed E-state index contributed by atoms with van der Waals surface area (Å²) in [6, 6.07) is 14.4. The Morgan fingerprint density at radius 2 is 1.82 bits per heavy atom. The van der Waals surface area contributed by atoms with Crippen LogP contribution in [0.15, 0.2) is 71.9 Å². The van der Waals surface area contributed by atoms with Crippen LogP contribution in [0.25, 0.3) is 5.69 Å². The maximum Gasteiger partial charge on any atom is 0.416 e. The summed E-state index contributed by atoms with van der Waals surface area (Å²) in [7, 11) is 0. The van der Waals surface area contributed by atoms with Crippen molar-refractivity contribution in [2.24, 2.45) is 0 Å². The predicted octanol–water partition coefficient (Wildman–Crippen LogP) is 7.56. The van der Waals surface area contributed by atoms with Gasteiger partial charge in [0.15, 0.2) is 11.0 Å². The maximum atomic E-state index is 13.3. The largest absolute Gasteiger partial charge is 0.416 e. The number of rotatable bonds is 7. The molecule has 0 aliphatic rings. The van der Waals surface area contributed by atoms with Crippen molar-refractivity contribution in [1.29, 1.82) is 0 Å². The number of aromatic nitrogens is 3. The van der Waals surface area contributed by atoms with Gasteiger partial charge in [0.1, 0.15) is 5.82 Å². The van der Waals surface area contributed by atoms with Crippen LogP contribution in [-0.4, -0.2) is 20.8 Å². The van der Waals surface area contributed by atoms with Gasteiger partial charge < -0.3 is 10.6 Å². The van der Waals surface area contributed by atoms with Crippen LogP contribution in [0, 0.1) is 12.7 Å². The fourth-order valence-corrected chi connectivity index (χ4v) is 4.71. The molecule has 0 radical (unpaired) electrons. The normalized spacial score (nSPS) is 12.3. The molecule has 0 spiro atoms. The van der Waals surface area contributed by atoms with Crippen LogP contribution in [0.2, 0.25) is 5.02 Å². The Balaban J connectivity index is 1.58. The molecule has 4 aromatic rings. The molecular formula is C26H22ClF4N5OS. The van der Waals surface area contributed by atoms with Crippen LogP contribution in [0.4, 0.5) is 28.0 Å². The first-order valence-electron chi connectivity index (χ1n) is 11.3. The van der Waals surface area contributed by atoms with E-state index in [2.05, 4.69) is 20.8 Å². The lowest BCUT2D eigenvalue weighted by Crippen LogP contribution is -2.32. The number of nitrogens with one attached hydrogen (secondary N) is 2. The van der Waals surface area contributed by atoms with Gasteiger partial charge in [-0.2, -0.15) is 13.2 Å². The van der Waals surface area contributed by atoms with E-state index in [0.717, 1.165) is 23.3 Å². The van der Waals surface area contributed by atoms with Crippen LogP contribution in [-0.2, 0) is 11.9 Å². The van der Waals surface area contributed by atoms with E-state index in [1.165, 1.54) is 36.0 Å². The van der Waals surface area contributed by atoms with Crippen molar-refractivity contribution < 1.29 is 22.4 Å². The average molecular weight is 564 g/mol. The Morgan fingerprint density at radius 3 is 2.53 bits per heavy atom. The maximum absolute atomic E-state index is 13.3. The summed E-state index contributed by atoms with van der Waals surface area (Å²) in [6.07, 6.45) is -4.53. The number of carbonyl (C=O) groups excluding carboxylic acids is 1. The van der Waals surface area contributed by atoms with E-state index >= 15 is 0 Å². The molecule has 0 saturated carbocycles. The molecule has 1 unspecified atom stereocenters. The van der Waals surface area contributed by atoms with Gasteiger partial charge in [-0.15, -0.1) is 10.2 Å². The Labute approximate surface area is 225 Å². The number of aryl methyl sites for hydroxylation is 1. The number of amides is 2. The molecule has 12 heteroatoms. The predicted molar refractivity (Wildman–Crippen MR) is 139 cm³/mol. The average Bonchev–Trinajstić information content (AvgIpc) is 3.28. The van der Waals surface area contributed by atoms with E-state index in [0.29, 0.717) is 27.4 Å². The van der Waals surface area contributed by atoms with Gasteiger partial charge in [0, 0.05) is 16.5 Å². The molecule has 2 amide bonds. The molecule has 1 aromatic heterocycles. The molecule has 0 bridgehead atoms. The summed E-state index contributed by atoms with van der Waals surface area (Å²) in [6.45, 7) is 3.57. The summed E-state index contributed by atoms with van der Waals surface area (Å²) < 4.78 is 54.1. The van der Waals surface area contributed by atoms with Gasteiger partial charge in [0.2, 0.25) is 0 Å². The van der Waals surface area contributed by atoms with Crippen molar-refractivity contribution in [2.75, 3.05) is 5.32 Å². The number of thioether (sulfide) groups is 1. The van der Waals surface area contributed by atoms with Crippen molar-refractivity contribution >= 4 is 35.1 Å². The van der Waals surface area contributed by atoms with Crippen LogP contribution in [0.1, 0.15) is 35.5 Å². The van der Waals surface area contributed by atoms with Gasteiger partial charge in [-0.3, -0.25) is 4.57 Å². The Hall–Kier alpha value is -3.57. The third-order valence-electron chi connectivity index (χ3n) is 5.53. The quantitative estimate of drug-likeness (QED) is 0.180. The second-order valence-electron chi connectivity index (χ2n) is 8.42. The molecule has 1 atom stereocenters. The number of anilines is 1. The van der Waals surface area contributed by atoms with Crippen molar-refractivity contribution in [3.63, 3.8) is 0 Å².